The maximum absolute atomic E-state index is 12.9. The van der Waals surface area contributed by atoms with Crippen LogP contribution in [-0.4, -0.2) is 17.4 Å². The molecular weight excluding hydrogens is 336 g/mol. The minimum atomic E-state index is -0.866. The van der Waals surface area contributed by atoms with E-state index in [-0.39, 0.29) is 5.78 Å². The molecule has 128 valence electrons. The number of esters is 1. The summed E-state index contributed by atoms with van der Waals surface area (Å²) in [4.78, 5) is 25.3. The Morgan fingerprint density at radius 1 is 0.840 bits per heavy atom. The molecule has 25 heavy (non-hydrogen) atoms. The minimum Gasteiger partial charge on any atom is -0.450 e. The monoisotopic (exact) mass is 354 g/mol. The maximum Gasteiger partial charge on any atom is 0.322 e. The van der Waals surface area contributed by atoms with Gasteiger partial charge in [0.1, 0.15) is 5.92 Å². The zero-order valence-corrected chi connectivity index (χ0v) is 14.6. The minimum absolute atomic E-state index is 0.0588. The Hall–Kier alpha value is -2.13. The van der Waals surface area contributed by atoms with E-state index >= 15 is 0 Å². The number of ketones is 1. The number of Topliss-reactive ketones (excluding diaryl/α,β-unsaturated/α-hetero) is 1. The summed E-state index contributed by atoms with van der Waals surface area (Å²) in [6, 6.07) is 15.2. The molecule has 1 atom stereocenters. The summed E-state index contributed by atoms with van der Waals surface area (Å²) in [5.41, 5.74) is 1.91. The van der Waals surface area contributed by atoms with Gasteiger partial charge in [0, 0.05) is 5.02 Å². The topological polar surface area (TPSA) is 43.4 Å². The molecule has 0 N–H and O–H groups in total. The van der Waals surface area contributed by atoms with E-state index in [0.29, 0.717) is 17.9 Å². The molecule has 2 aromatic carbocycles. The third-order valence-electron chi connectivity index (χ3n) is 5.33. The second-order valence-corrected chi connectivity index (χ2v) is 7.34. The zero-order valence-electron chi connectivity index (χ0n) is 13.8. The van der Waals surface area contributed by atoms with Crippen molar-refractivity contribution in [2.24, 2.45) is 0 Å². The van der Waals surface area contributed by atoms with E-state index in [0.717, 1.165) is 36.0 Å². The van der Waals surface area contributed by atoms with Gasteiger partial charge in [0.25, 0.3) is 0 Å². The highest BCUT2D eigenvalue weighted by molar-refractivity contribution is 6.30. The highest BCUT2D eigenvalue weighted by Gasteiger charge is 2.55. The molecule has 4 rings (SSSR count). The van der Waals surface area contributed by atoms with Crippen molar-refractivity contribution in [1.29, 1.82) is 0 Å². The van der Waals surface area contributed by atoms with Crippen molar-refractivity contribution in [2.45, 2.75) is 43.6 Å². The zero-order chi connectivity index (χ0) is 17.4. The van der Waals surface area contributed by atoms with Gasteiger partial charge in [-0.2, -0.15) is 0 Å². The molecule has 0 bridgehead atoms. The first-order chi connectivity index (χ1) is 12.1. The van der Waals surface area contributed by atoms with Gasteiger partial charge in [0.05, 0.1) is 0 Å². The van der Waals surface area contributed by atoms with Crippen molar-refractivity contribution in [3.05, 3.63) is 59.1 Å². The standard InChI is InChI=1S/C21H19ClO3/c22-17-10-8-15(9-11-17)14-4-6-16(7-5-14)18-19(23)21(25-20(18)24)12-2-1-3-13-21/h4-11,18H,1-3,12-13H2. The second kappa shape index (κ2) is 6.30. The van der Waals surface area contributed by atoms with Crippen LogP contribution in [0.15, 0.2) is 48.5 Å². The molecule has 2 fully saturated rings. The molecule has 1 saturated heterocycles. The van der Waals surface area contributed by atoms with Gasteiger partial charge < -0.3 is 4.74 Å². The lowest BCUT2D eigenvalue weighted by molar-refractivity contribution is -0.154. The molecule has 0 aromatic heterocycles. The van der Waals surface area contributed by atoms with Crippen LogP contribution in [0, 0.1) is 0 Å². The Morgan fingerprint density at radius 3 is 2.00 bits per heavy atom. The molecule has 0 amide bonds. The van der Waals surface area contributed by atoms with E-state index in [1.165, 1.54) is 0 Å². The lowest BCUT2D eigenvalue weighted by Crippen LogP contribution is -2.39. The largest absolute Gasteiger partial charge is 0.450 e. The third kappa shape index (κ3) is 2.87. The summed E-state index contributed by atoms with van der Waals surface area (Å²) in [5.74, 6) is -1.24. The molecule has 1 unspecified atom stereocenters. The van der Waals surface area contributed by atoms with E-state index in [2.05, 4.69) is 0 Å². The van der Waals surface area contributed by atoms with Gasteiger partial charge in [-0.15, -0.1) is 0 Å². The van der Waals surface area contributed by atoms with E-state index in [9.17, 15) is 9.59 Å². The summed E-state index contributed by atoms with van der Waals surface area (Å²) in [6.45, 7) is 0. The lowest BCUT2D eigenvalue weighted by Gasteiger charge is -2.29. The van der Waals surface area contributed by atoms with Gasteiger partial charge >= 0.3 is 5.97 Å². The van der Waals surface area contributed by atoms with Crippen LogP contribution < -0.4 is 0 Å². The van der Waals surface area contributed by atoms with E-state index < -0.39 is 17.5 Å². The maximum atomic E-state index is 12.9. The van der Waals surface area contributed by atoms with Crippen molar-refractivity contribution in [2.75, 3.05) is 0 Å². The Kier molecular flexibility index (Phi) is 4.12. The second-order valence-electron chi connectivity index (χ2n) is 6.90. The van der Waals surface area contributed by atoms with Gasteiger partial charge in [-0.05, 0) is 54.5 Å². The van der Waals surface area contributed by atoms with E-state index in [4.69, 9.17) is 16.3 Å². The van der Waals surface area contributed by atoms with E-state index in [1.54, 1.807) is 0 Å². The number of ether oxygens (including phenoxy) is 1. The van der Waals surface area contributed by atoms with Gasteiger partial charge in [-0.25, -0.2) is 0 Å². The average Bonchev–Trinajstić information content (AvgIpc) is 2.86. The van der Waals surface area contributed by atoms with Crippen molar-refractivity contribution >= 4 is 23.4 Å². The lowest BCUT2D eigenvalue weighted by atomic mass is 9.78. The van der Waals surface area contributed by atoms with Crippen LogP contribution in [0.2, 0.25) is 5.02 Å². The predicted octanol–water partition coefficient (Wildman–Crippen LogP) is 4.92. The number of rotatable bonds is 2. The Balaban J connectivity index is 1.60. The van der Waals surface area contributed by atoms with Crippen LogP contribution in [-0.2, 0) is 14.3 Å². The van der Waals surface area contributed by atoms with Gasteiger partial charge in [-0.1, -0.05) is 54.4 Å². The van der Waals surface area contributed by atoms with Crippen molar-refractivity contribution in [3.8, 4) is 11.1 Å². The Labute approximate surface area is 152 Å². The fourth-order valence-electron chi connectivity index (χ4n) is 3.94. The van der Waals surface area contributed by atoms with Gasteiger partial charge in [0.15, 0.2) is 11.4 Å². The molecule has 1 aliphatic heterocycles. The predicted molar refractivity (Wildman–Crippen MR) is 96.5 cm³/mol. The fourth-order valence-corrected chi connectivity index (χ4v) is 4.07. The molecule has 0 radical (unpaired) electrons. The molecule has 3 nitrogen and oxygen atoms in total. The number of carbonyl (C=O) groups excluding carboxylic acids is 2. The molecule has 2 aromatic rings. The van der Waals surface area contributed by atoms with E-state index in [1.807, 2.05) is 48.5 Å². The Bertz CT molecular complexity index is 802. The van der Waals surface area contributed by atoms with Crippen molar-refractivity contribution in [1.82, 2.24) is 0 Å². The molecule has 1 spiro atoms. The molecule has 1 aliphatic carbocycles. The fraction of sp³-hybridized carbons (Fsp3) is 0.333. The average molecular weight is 355 g/mol. The number of halogens is 1. The summed E-state index contributed by atoms with van der Waals surface area (Å²) in [5, 5.41) is 0.692. The third-order valence-corrected chi connectivity index (χ3v) is 5.58. The first-order valence-corrected chi connectivity index (χ1v) is 9.10. The number of carbonyl (C=O) groups is 2. The van der Waals surface area contributed by atoms with Crippen LogP contribution >= 0.6 is 11.6 Å². The van der Waals surface area contributed by atoms with Crippen LogP contribution in [0.3, 0.4) is 0 Å². The number of hydrogen-bond donors (Lipinski definition) is 0. The molecule has 2 aliphatic rings. The van der Waals surface area contributed by atoms with Gasteiger partial charge in [-0.3, -0.25) is 9.59 Å². The molecule has 4 heteroatoms. The van der Waals surface area contributed by atoms with Crippen LogP contribution in [0.25, 0.3) is 11.1 Å². The summed E-state index contributed by atoms with van der Waals surface area (Å²) in [7, 11) is 0. The van der Waals surface area contributed by atoms with Crippen LogP contribution in [0.5, 0.6) is 0 Å². The molecule has 1 heterocycles. The van der Waals surface area contributed by atoms with Crippen LogP contribution in [0.1, 0.15) is 43.6 Å². The first kappa shape index (κ1) is 16.3. The number of hydrogen-bond acceptors (Lipinski definition) is 3. The SMILES string of the molecule is O=C1OC2(CCCCC2)C(=O)C1c1ccc(-c2ccc(Cl)cc2)cc1. The Morgan fingerprint density at radius 2 is 1.40 bits per heavy atom. The summed E-state index contributed by atoms with van der Waals surface area (Å²) in [6.07, 6.45) is 4.32. The van der Waals surface area contributed by atoms with Crippen molar-refractivity contribution in [3.63, 3.8) is 0 Å². The number of benzene rings is 2. The van der Waals surface area contributed by atoms with Crippen molar-refractivity contribution < 1.29 is 14.3 Å². The summed E-state index contributed by atoms with van der Waals surface area (Å²) >= 11 is 5.92. The highest BCUT2D eigenvalue weighted by Crippen LogP contribution is 2.43. The highest BCUT2D eigenvalue weighted by atomic mass is 35.5. The first-order valence-electron chi connectivity index (χ1n) is 8.72. The van der Waals surface area contributed by atoms with Gasteiger partial charge in [0.2, 0.25) is 0 Å². The molecular formula is C21H19ClO3. The summed E-state index contributed by atoms with van der Waals surface area (Å²) < 4.78 is 5.59. The normalized spacial score (nSPS) is 22.2. The molecule has 1 saturated carbocycles. The smallest absolute Gasteiger partial charge is 0.322 e. The van der Waals surface area contributed by atoms with Crippen LogP contribution in [0.4, 0.5) is 0 Å². The quantitative estimate of drug-likeness (QED) is 0.568.